The van der Waals surface area contributed by atoms with Crippen LogP contribution in [0, 0.1) is 0 Å². The van der Waals surface area contributed by atoms with E-state index in [1.807, 2.05) is 0 Å². The van der Waals surface area contributed by atoms with E-state index in [1.54, 1.807) is 37.3 Å². The maximum absolute atomic E-state index is 11.0. The third kappa shape index (κ3) is 3.95. The first-order valence-electron chi connectivity index (χ1n) is 6.08. The fraction of sp³-hybridized carbons (Fsp3) is 0.462. The summed E-state index contributed by atoms with van der Waals surface area (Å²) in [4.78, 5) is 11.9. The van der Waals surface area contributed by atoms with Crippen LogP contribution in [-0.4, -0.2) is 41.7 Å². The van der Waals surface area contributed by atoms with Crippen LogP contribution in [0.3, 0.4) is 0 Å². The molecule has 0 spiro atoms. The van der Waals surface area contributed by atoms with E-state index in [0.29, 0.717) is 11.7 Å². The summed E-state index contributed by atoms with van der Waals surface area (Å²) < 4.78 is 8.52. The van der Waals surface area contributed by atoms with E-state index in [0.717, 1.165) is 35.3 Å². The van der Waals surface area contributed by atoms with E-state index in [1.165, 1.54) is 0 Å². The molecular formula is C13H16BrNO3S. The van der Waals surface area contributed by atoms with Crippen molar-refractivity contribution in [3.05, 3.63) is 28.2 Å². The van der Waals surface area contributed by atoms with Crippen molar-refractivity contribution < 1.29 is 14.6 Å². The number of carboxylic acid groups (broad SMARTS) is 1. The van der Waals surface area contributed by atoms with Gasteiger partial charge in [-0.15, -0.1) is 0 Å². The Kier molecular flexibility index (Phi) is 5.27. The Morgan fingerprint density at radius 1 is 1.47 bits per heavy atom. The Morgan fingerprint density at radius 2 is 2.16 bits per heavy atom. The van der Waals surface area contributed by atoms with Crippen molar-refractivity contribution in [3.8, 4) is 0 Å². The fourth-order valence-electron chi connectivity index (χ4n) is 2.00. The van der Waals surface area contributed by atoms with Gasteiger partial charge in [0.05, 0.1) is 11.7 Å². The molecule has 1 aromatic carbocycles. The van der Waals surface area contributed by atoms with Crippen LogP contribution in [-0.2, 0) is 4.74 Å². The van der Waals surface area contributed by atoms with Gasteiger partial charge in [-0.25, -0.2) is 9.10 Å². The quantitative estimate of drug-likeness (QED) is 0.848. The van der Waals surface area contributed by atoms with Crippen molar-refractivity contribution in [1.82, 2.24) is 4.31 Å². The molecule has 1 fully saturated rings. The second-order valence-corrected chi connectivity index (χ2v) is 6.40. The molecule has 0 unspecified atom stereocenters. The van der Waals surface area contributed by atoms with Crippen LogP contribution >= 0.6 is 27.9 Å². The summed E-state index contributed by atoms with van der Waals surface area (Å²) in [6.45, 7) is 1.90. The summed E-state index contributed by atoms with van der Waals surface area (Å²) in [5.74, 6) is -0.896. The first-order valence-corrected chi connectivity index (χ1v) is 7.65. The highest BCUT2D eigenvalue weighted by Gasteiger charge is 2.20. The lowest BCUT2D eigenvalue weighted by atomic mass is 10.1. The molecule has 1 aromatic rings. The predicted molar refractivity (Wildman–Crippen MR) is 78.6 cm³/mol. The summed E-state index contributed by atoms with van der Waals surface area (Å²) in [5, 5.41) is 9.02. The molecule has 2 rings (SSSR count). The molecule has 6 heteroatoms. The largest absolute Gasteiger partial charge is 0.478 e. The van der Waals surface area contributed by atoms with Gasteiger partial charge in [0.15, 0.2) is 0 Å². The first-order chi connectivity index (χ1) is 9.10. The molecule has 104 valence electrons. The Balaban J connectivity index is 2.03. The molecule has 1 saturated heterocycles. The lowest BCUT2D eigenvalue weighted by Gasteiger charge is -2.30. The van der Waals surface area contributed by atoms with Crippen LogP contribution in [0.1, 0.15) is 23.2 Å². The summed E-state index contributed by atoms with van der Waals surface area (Å²) >= 11 is 5.07. The number of halogens is 1. The molecule has 0 aliphatic carbocycles. The highest BCUT2D eigenvalue weighted by molar-refractivity contribution is 9.10. The molecule has 1 N–H and O–H groups in total. The predicted octanol–water partition coefficient (Wildman–Crippen LogP) is 3.27. The Morgan fingerprint density at radius 3 is 2.74 bits per heavy atom. The van der Waals surface area contributed by atoms with E-state index >= 15 is 0 Å². The number of nitrogens with zero attached hydrogens (tertiary/aromatic N) is 1. The zero-order valence-corrected chi connectivity index (χ0v) is 13.0. The number of ether oxygens (including phenoxy) is 1. The average molecular weight is 346 g/mol. The van der Waals surface area contributed by atoms with Crippen LogP contribution in [0.15, 0.2) is 27.6 Å². The third-order valence-corrected chi connectivity index (χ3v) is 5.25. The van der Waals surface area contributed by atoms with E-state index < -0.39 is 5.97 Å². The number of aromatic carboxylic acids is 1. The molecular weight excluding hydrogens is 330 g/mol. The normalized spacial score (nSPS) is 17.6. The Bertz CT molecular complexity index is 461. The van der Waals surface area contributed by atoms with Crippen molar-refractivity contribution in [1.29, 1.82) is 0 Å². The molecule has 0 radical (unpaired) electrons. The fourth-order valence-corrected chi connectivity index (χ4v) is 3.47. The number of piperidine rings is 1. The molecule has 0 atom stereocenters. The Hall–Kier alpha value is -0.560. The van der Waals surface area contributed by atoms with Crippen LogP contribution in [0.4, 0.5) is 0 Å². The lowest BCUT2D eigenvalue weighted by molar-refractivity contribution is 0.0624. The molecule has 4 nitrogen and oxygen atoms in total. The van der Waals surface area contributed by atoms with Crippen molar-refractivity contribution in [2.24, 2.45) is 0 Å². The second-order valence-electron chi connectivity index (χ2n) is 4.41. The van der Waals surface area contributed by atoms with Gasteiger partial charge in [0.2, 0.25) is 0 Å². The minimum absolute atomic E-state index is 0.317. The van der Waals surface area contributed by atoms with Crippen molar-refractivity contribution in [3.63, 3.8) is 0 Å². The summed E-state index contributed by atoms with van der Waals surface area (Å²) in [5.41, 5.74) is 0.317. The van der Waals surface area contributed by atoms with Crippen LogP contribution in [0.2, 0.25) is 0 Å². The van der Waals surface area contributed by atoms with Gasteiger partial charge < -0.3 is 9.84 Å². The Labute approximate surface area is 125 Å². The number of hydrogen-bond donors (Lipinski definition) is 1. The molecule has 1 aliphatic heterocycles. The second kappa shape index (κ2) is 6.74. The van der Waals surface area contributed by atoms with Gasteiger partial charge in [-0.05, 0) is 58.9 Å². The van der Waals surface area contributed by atoms with Crippen molar-refractivity contribution in [2.75, 3.05) is 20.2 Å². The number of carboxylic acids is 1. The average Bonchev–Trinajstić information content (AvgIpc) is 2.42. The smallest absolute Gasteiger partial charge is 0.335 e. The lowest BCUT2D eigenvalue weighted by Crippen LogP contribution is -2.32. The minimum atomic E-state index is -0.896. The highest BCUT2D eigenvalue weighted by atomic mass is 79.9. The number of hydrogen-bond acceptors (Lipinski definition) is 4. The maximum atomic E-state index is 11.0. The number of rotatable bonds is 4. The maximum Gasteiger partial charge on any atom is 0.335 e. The van der Waals surface area contributed by atoms with Gasteiger partial charge in [0.1, 0.15) is 0 Å². The summed E-state index contributed by atoms with van der Waals surface area (Å²) in [6, 6.07) is 5.10. The van der Waals surface area contributed by atoms with Crippen LogP contribution < -0.4 is 0 Å². The number of benzene rings is 1. The standard InChI is InChI=1S/C13H16BrNO3S/c1-18-10-4-6-15(7-5-10)19-12-8-9(13(16)17)2-3-11(12)14/h2-3,8,10H,4-7H2,1H3,(H,16,17). The van der Waals surface area contributed by atoms with Gasteiger partial charge in [0, 0.05) is 29.6 Å². The van der Waals surface area contributed by atoms with E-state index in [-0.39, 0.29) is 0 Å². The van der Waals surface area contributed by atoms with Gasteiger partial charge in [-0.1, -0.05) is 0 Å². The zero-order valence-electron chi connectivity index (χ0n) is 10.6. The molecule has 0 amide bonds. The van der Waals surface area contributed by atoms with E-state index in [2.05, 4.69) is 20.2 Å². The summed E-state index contributed by atoms with van der Waals surface area (Å²) in [7, 11) is 1.75. The molecule has 1 heterocycles. The zero-order chi connectivity index (χ0) is 13.8. The van der Waals surface area contributed by atoms with Gasteiger partial charge >= 0.3 is 5.97 Å². The van der Waals surface area contributed by atoms with Gasteiger partial charge in [-0.3, -0.25) is 0 Å². The minimum Gasteiger partial charge on any atom is -0.478 e. The van der Waals surface area contributed by atoms with Crippen molar-refractivity contribution in [2.45, 2.75) is 23.8 Å². The van der Waals surface area contributed by atoms with Gasteiger partial charge in [-0.2, -0.15) is 0 Å². The SMILES string of the molecule is COC1CCN(Sc2cc(C(=O)O)ccc2Br)CC1. The molecule has 0 saturated carbocycles. The first kappa shape index (κ1) is 14.8. The van der Waals surface area contributed by atoms with Crippen LogP contribution in [0.5, 0.6) is 0 Å². The topological polar surface area (TPSA) is 49.8 Å². The number of methoxy groups -OCH3 is 1. The summed E-state index contributed by atoms with van der Waals surface area (Å²) in [6.07, 6.45) is 2.38. The molecule has 0 bridgehead atoms. The highest BCUT2D eigenvalue weighted by Crippen LogP contribution is 2.33. The van der Waals surface area contributed by atoms with E-state index in [9.17, 15) is 4.79 Å². The molecule has 0 aromatic heterocycles. The van der Waals surface area contributed by atoms with Gasteiger partial charge in [0.25, 0.3) is 0 Å². The monoisotopic (exact) mass is 345 g/mol. The molecule has 19 heavy (non-hydrogen) atoms. The third-order valence-electron chi connectivity index (χ3n) is 3.14. The van der Waals surface area contributed by atoms with Crippen LogP contribution in [0.25, 0.3) is 0 Å². The van der Waals surface area contributed by atoms with Crippen molar-refractivity contribution >= 4 is 33.8 Å². The van der Waals surface area contributed by atoms with E-state index in [4.69, 9.17) is 9.84 Å². The number of carbonyl (C=O) groups is 1. The molecule has 1 aliphatic rings.